The molecular weight excluding hydrogens is 418 g/mol. The van der Waals surface area contributed by atoms with Gasteiger partial charge in [-0.3, -0.25) is 0 Å². The smallest absolute Gasteiger partial charge is 0.0588 e. The Bertz CT molecular complexity index is 1420. The van der Waals surface area contributed by atoms with Crippen molar-refractivity contribution in [2.75, 3.05) is 0 Å². The summed E-state index contributed by atoms with van der Waals surface area (Å²) < 4.78 is 3.56. The fraction of sp³-hybridized carbons (Fsp3) is 0.111. The van der Waals surface area contributed by atoms with E-state index in [0.717, 1.165) is 4.47 Å². The largest absolute Gasteiger partial charge is 0.309 e. The van der Waals surface area contributed by atoms with Crippen LogP contribution in [0.2, 0.25) is 0 Å². The van der Waals surface area contributed by atoms with Gasteiger partial charge in [-0.2, -0.15) is 0 Å². The van der Waals surface area contributed by atoms with Crippen LogP contribution < -0.4 is 0 Å². The molecule has 1 aromatic heterocycles. The molecule has 1 aliphatic carbocycles. The molecule has 0 radical (unpaired) electrons. The van der Waals surface area contributed by atoms with E-state index < -0.39 is 0 Å². The molecular formula is C27H20BrN. The molecule has 0 bridgehead atoms. The summed E-state index contributed by atoms with van der Waals surface area (Å²) in [7, 11) is 0. The van der Waals surface area contributed by atoms with Gasteiger partial charge in [-0.1, -0.05) is 84.4 Å². The highest BCUT2D eigenvalue weighted by atomic mass is 79.9. The first-order valence-electron chi connectivity index (χ1n) is 10.00. The summed E-state index contributed by atoms with van der Waals surface area (Å²) in [6.45, 7) is 4.72. The van der Waals surface area contributed by atoms with Crippen LogP contribution in [0.25, 0.3) is 38.6 Å². The molecule has 0 amide bonds. The number of rotatable bonds is 1. The van der Waals surface area contributed by atoms with Gasteiger partial charge < -0.3 is 4.57 Å². The molecule has 0 unspecified atom stereocenters. The molecule has 0 fully saturated rings. The molecule has 4 aromatic carbocycles. The SMILES string of the molecule is CC1(C)c2ccccc2-c2ccc3c4cc(Br)ccc4n(-c4ccccc4)c3c21. The highest BCUT2D eigenvalue weighted by Gasteiger charge is 2.38. The van der Waals surface area contributed by atoms with Crippen molar-refractivity contribution in [1.29, 1.82) is 0 Å². The van der Waals surface area contributed by atoms with Crippen molar-refractivity contribution >= 4 is 37.7 Å². The maximum atomic E-state index is 3.68. The number of halogens is 1. The molecule has 1 heterocycles. The zero-order chi connectivity index (χ0) is 19.8. The van der Waals surface area contributed by atoms with Gasteiger partial charge in [-0.15, -0.1) is 0 Å². The van der Waals surface area contributed by atoms with Gasteiger partial charge in [0.1, 0.15) is 0 Å². The van der Waals surface area contributed by atoms with E-state index in [1.807, 2.05) is 0 Å². The summed E-state index contributed by atoms with van der Waals surface area (Å²) in [6.07, 6.45) is 0. The van der Waals surface area contributed by atoms with Gasteiger partial charge in [0.2, 0.25) is 0 Å². The Hall–Kier alpha value is -2.84. The standard InChI is InChI=1S/C27H20BrN/c1-27(2)23-11-7-6-10-19(23)20-13-14-21-22-16-17(28)12-15-24(22)29(26(21)25(20)27)18-8-4-3-5-9-18/h3-16H,1-2H3. The van der Waals surface area contributed by atoms with E-state index in [1.165, 1.54) is 49.7 Å². The highest BCUT2D eigenvalue weighted by molar-refractivity contribution is 9.10. The number of hydrogen-bond donors (Lipinski definition) is 0. The molecule has 2 heteroatoms. The minimum Gasteiger partial charge on any atom is -0.309 e. The van der Waals surface area contributed by atoms with Gasteiger partial charge in [0.15, 0.2) is 0 Å². The highest BCUT2D eigenvalue weighted by Crippen LogP contribution is 2.52. The molecule has 0 saturated heterocycles. The van der Waals surface area contributed by atoms with Crippen molar-refractivity contribution < 1.29 is 0 Å². The quantitative estimate of drug-likeness (QED) is 0.251. The average molecular weight is 438 g/mol. The first-order valence-corrected chi connectivity index (χ1v) is 10.8. The third-order valence-electron chi connectivity index (χ3n) is 6.42. The monoisotopic (exact) mass is 437 g/mol. The average Bonchev–Trinajstić information content (AvgIpc) is 3.18. The van der Waals surface area contributed by atoms with Crippen LogP contribution in [0.4, 0.5) is 0 Å². The first-order chi connectivity index (χ1) is 14.1. The van der Waals surface area contributed by atoms with Gasteiger partial charge in [-0.05, 0) is 52.6 Å². The lowest BCUT2D eigenvalue weighted by Crippen LogP contribution is -2.16. The van der Waals surface area contributed by atoms with Crippen molar-refractivity contribution in [3.8, 4) is 16.8 Å². The molecule has 0 aliphatic heterocycles. The Morgan fingerprint density at radius 1 is 0.724 bits per heavy atom. The molecule has 0 saturated carbocycles. The van der Waals surface area contributed by atoms with Crippen molar-refractivity contribution in [2.24, 2.45) is 0 Å². The minimum absolute atomic E-state index is 0.0520. The van der Waals surface area contributed by atoms with Gasteiger partial charge >= 0.3 is 0 Å². The molecule has 0 spiro atoms. The molecule has 0 N–H and O–H groups in total. The first kappa shape index (κ1) is 17.1. The molecule has 1 nitrogen and oxygen atoms in total. The van der Waals surface area contributed by atoms with Crippen molar-refractivity contribution in [2.45, 2.75) is 19.3 Å². The Kier molecular flexibility index (Phi) is 3.43. The molecule has 1 aliphatic rings. The maximum Gasteiger partial charge on any atom is 0.0588 e. The Labute approximate surface area is 178 Å². The summed E-state index contributed by atoms with van der Waals surface area (Å²) in [4.78, 5) is 0. The number of benzene rings is 4. The summed E-state index contributed by atoms with van der Waals surface area (Å²) >= 11 is 3.68. The number of aromatic nitrogens is 1. The van der Waals surface area contributed by atoms with E-state index in [-0.39, 0.29) is 5.41 Å². The zero-order valence-electron chi connectivity index (χ0n) is 16.4. The van der Waals surface area contributed by atoms with Crippen LogP contribution in [-0.2, 0) is 5.41 Å². The summed E-state index contributed by atoms with van der Waals surface area (Å²) in [6, 6.07) is 30.8. The lowest BCUT2D eigenvalue weighted by Gasteiger charge is -2.23. The summed E-state index contributed by atoms with van der Waals surface area (Å²) in [5.74, 6) is 0. The Balaban J connectivity index is 1.86. The summed E-state index contributed by atoms with van der Waals surface area (Å²) in [5.41, 5.74) is 9.27. The van der Waals surface area contributed by atoms with E-state index >= 15 is 0 Å². The second-order valence-corrected chi connectivity index (χ2v) is 9.30. The van der Waals surface area contributed by atoms with Crippen molar-refractivity contribution in [3.63, 3.8) is 0 Å². The molecule has 29 heavy (non-hydrogen) atoms. The van der Waals surface area contributed by atoms with Crippen LogP contribution in [0, 0.1) is 0 Å². The van der Waals surface area contributed by atoms with Crippen molar-refractivity contribution in [1.82, 2.24) is 4.57 Å². The van der Waals surface area contributed by atoms with Gasteiger partial charge in [0.25, 0.3) is 0 Å². The fourth-order valence-corrected chi connectivity index (χ4v) is 5.54. The predicted octanol–water partition coefficient (Wildman–Crippen LogP) is 7.85. The lowest BCUT2D eigenvalue weighted by atomic mass is 9.81. The third kappa shape index (κ3) is 2.21. The summed E-state index contributed by atoms with van der Waals surface area (Å²) in [5, 5.41) is 2.59. The van der Waals surface area contributed by atoms with E-state index in [9.17, 15) is 0 Å². The lowest BCUT2D eigenvalue weighted by molar-refractivity contribution is 0.664. The van der Waals surface area contributed by atoms with Crippen molar-refractivity contribution in [3.05, 3.63) is 101 Å². The zero-order valence-corrected chi connectivity index (χ0v) is 18.0. The molecule has 0 atom stereocenters. The topological polar surface area (TPSA) is 4.93 Å². The molecule has 140 valence electrons. The minimum atomic E-state index is -0.0520. The molecule has 6 rings (SSSR count). The van der Waals surface area contributed by atoms with E-state index in [1.54, 1.807) is 0 Å². The second-order valence-electron chi connectivity index (χ2n) is 8.39. The van der Waals surface area contributed by atoms with Crippen LogP contribution in [0.1, 0.15) is 25.0 Å². The van der Waals surface area contributed by atoms with E-state index in [0.29, 0.717) is 0 Å². The van der Waals surface area contributed by atoms with Crippen LogP contribution in [0.15, 0.2) is 89.4 Å². The Morgan fingerprint density at radius 3 is 2.31 bits per heavy atom. The Morgan fingerprint density at radius 2 is 1.48 bits per heavy atom. The van der Waals surface area contributed by atoms with Crippen LogP contribution in [0.5, 0.6) is 0 Å². The third-order valence-corrected chi connectivity index (χ3v) is 6.91. The number of nitrogens with zero attached hydrogens (tertiary/aromatic N) is 1. The van der Waals surface area contributed by atoms with E-state index in [2.05, 4.69) is 119 Å². The fourth-order valence-electron chi connectivity index (χ4n) is 5.18. The molecule has 5 aromatic rings. The predicted molar refractivity (Wildman–Crippen MR) is 126 cm³/mol. The van der Waals surface area contributed by atoms with E-state index in [4.69, 9.17) is 0 Å². The number of para-hydroxylation sites is 1. The van der Waals surface area contributed by atoms with Gasteiger partial charge in [-0.25, -0.2) is 0 Å². The maximum absolute atomic E-state index is 3.68. The normalized spacial score (nSPS) is 14.3. The van der Waals surface area contributed by atoms with Gasteiger partial charge in [0.05, 0.1) is 11.0 Å². The second kappa shape index (κ2) is 5.84. The van der Waals surface area contributed by atoms with Crippen LogP contribution >= 0.6 is 15.9 Å². The van der Waals surface area contributed by atoms with Gasteiger partial charge in [0, 0.05) is 26.3 Å². The van der Waals surface area contributed by atoms with Crippen LogP contribution in [0.3, 0.4) is 0 Å². The number of hydrogen-bond acceptors (Lipinski definition) is 0. The van der Waals surface area contributed by atoms with Crippen LogP contribution in [-0.4, -0.2) is 4.57 Å². The number of fused-ring (bicyclic) bond motifs is 7.